The van der Waals surface area contributed by atoms with Gasteiger partial charge in [0, 0.05) is 48.0 Å². The van der Waals surface area contributed by atoms with Crippen LogP contribution in [0.4, 0.5) is 5.69 Å². The molecule has 2 aromatic heterocycles. The van der Waals surface area contributed by atoms with Crippen LogP contribution in [0.2, 0.25) is 0 Å². The summed E-state index contributed by atoms with van der Waals surface area (Å²) >= 11 is 0. The number of aromatic nitrogens is 2. The fourth-order valence-corrected chi connectivity index (χ4v) is 5.33. The monoisotopic (exact) mass is 518 g/mol. The molecule has 0 saturated carbocycles. The van der Waals surface area contributed by atoms with E-state index in [1.54, 1.807) is 30.5 Å². The number of carbonyl (C=O) groups is 1. The highest BCUT2D eigenvalue weighted by atomic mass is 32.2. The number of fused-ring (bicyclic) bond motifs is 1. The minimum absolute atomic E-state index is 0.0607. The molecule has 0 spiro atoms. The maximum Gasteiger partial charge on any atom is 0.267 e. The van der Waals surface area contributed by atoms with Crippen molar-refractivity contribution in [1.29, 1.82) is 0 Å². The summed E-state index contributed by atoms with van der Waals surface area (Å²) in [4.78, 5) is 17.5. The van der Waals surface area contributed by atoms with E-state index in [9.17, 15) is 13.2 Å². The lowest BCUT2D eigenvalue weighted by atomic mass is 9.87. The summed E-state index contributed by atoms with van der Waals surface area (Å²) in [5.74, 6) is -0.165. The molecule has 0 aliphatic carbocycles. The minimum Gasteiger partial charge on any atom is -0.350 e. The average molecular weight is 519 g/mol. The Balaban J connectivity index is 1.54. The third-order valence-corrected chi connectivity index (χ3v) is 7.65. The summed E-state index contributed by atoms with van der Waals surface area (Å²) < 4.78 is 30.7. The molecular weight excluding hydrogens is 484 g/mol. The van der Waals surface area contributed by atoms with Gasteiger partial charge in [0.1, 0.15) is 5.69 Å². The first kappa shape index (κ1) is 26.4. The molecule has 0 bridgehead atoms. The second-order valence-electron chi connectivity index (χ2n) is 10.2. The number of amides is 1. The van der Waals surface area contributed by atoms with Crippen molar-refractivity contribution in [3.05, 3.63) is 89.9 Å². The summed E-state index contributed by atoms with van der Waals surface area (Å²) in [6.45, 7) is 9.47. The zero-order chi connectivity index (χ0) is 26.6. The first-order valence-corrected chi connectivity index (χ1v) is 14.0. The molecule has 2 heterocycles. The van der Waals surface area contributed by atoms with Crippen LogP contribution in [0.15, 0.2) is 77.8 Å². The Morgan fingerprint density at radius 2 is 1.76 bits per heavy atom. The van der Waals surface area contributed by atoms with Crippen LogP contribution < -0.4 is 10.0 Å². The lowest BCUT2D eigenvalue weighted by Gasteiger charge is -2.19. The normalized spacial score (nSPS) is 12.0. The highest BCUT2D eigenvalue weighted by molar-refractivity contribution is 7.92. The Morgan fingerprint density at radius 1 is 1.00 bits per heavy atom. The van der Waals surface area contributed by atoms with Crippen molar-refractivity contribution in [1.82, 2.24) is 14.9 Å². The number of sulfonamides is 1. The molecular formula is C29H34N4O3S. The van der Waals surface area contributed by atoms with Gasteiger partial charge in [0.2, 0.25) is 0 Å². The average Bonchev–Trinajstić information content (AvgIpc) is 3.22. The third kappa shape index (κ3) is 6.20. The van der Waals surface area contributed by atoms with Gasteiger partial charge in [0.05, 0.1) is 4.90 Å². The first-order chi connectivity index (χ1) is 17.6. The van der Waals surface area contributed by atoms with Gasteiger partial charge >= 0.3 is 0 Å². The predicted octanol–water partition coefficient (Wildman–Crippen LogP) is 5.52. The second-order valence-corrected chi connectivity index (χ2v) is 11.8. The number of hydrogen-bond acceptors (Lipinski definition) is 4. The highest BCUT2D eigenvalue weighted by Gasteiger charge is 2.19. The zero-order valence-corrected chi connectivity index (χ0v) is 22.6. The number of carbonyl (C=O) groups excluding carboxylic acids is 1. The predicted molar refractivity (Wildman–Crippen MR) is 148 cm³/mol. The van der Waals surface area contributed by atoms with Crippen molar-refractivity contribution >= 4 is 32.5 Å². The molecule has 4 aromatic rings. The van der Waals surface area contributed by atoms with Gasteiger partial charge in [-0.3, -0.25) is 14.5 Å². The molecule has 0 fully saturated rings. The lowest BCUT2D eigenvalue weighted by Crippen LogP contribution is -2.28. The summed E-state index contributed by atoms with van der Waals surface area (Å²) in [5, 5.41) is 3.78. The minimum atomic E-state index is -3.75. The maximum atomic E-state index is 13.0. The van der Waals surface area contributed by atoms with Crippen molar-refractivity contribution < 1.29 is 13.2 Å². The van der Waals surface area contributed by atoms with E-state index >= 15 is 0 Å². The summed E-state index contributed by atoms with van der Waals surface area (Å²) in [6.07, 6.45) is 3.24. The molecule has 0 aliphatic heterocycles. The number of aryl methyl sites for hydroxylation is 1. The fraction of sp³-hybridized carbons (Fsp3) is 0.310. The van der Waals surface area contributed by atoms with Gasteiger partial charge in [0.25, 0.3) is 15.9 Å². The molecule has 2 aromatic carbocycles. The number of nitrogens with zero attached hydrogens (tertiary/aromatic N) is 2. The molecule has 4 rings (SSSR count). The molecule has 0 aliphatic rings. The van der Waals surface area contributed by atoms with Gasteiger partial charge in [-0.1, -0.05) is 45.9 Å². The van der Waals surface area contributed by atoms with E-state index in [-0.39, 0.29) is 16.2 Å². The Bertz CT molecular complexity index is 1490. The van der Waals surface area contributed by atoms with Gasteiger partial charge < -0.3 is 9.88 Å². The van der Waals surface area contributed by atoms with Gasteiger partial charge in [-0.25, -0.2) is 8.42 Å². The SMILES string of the molecule is CCCn1c(C(=O)NCCc2ccccn2)cc2cc(NS(=O)(=O)c3ccc(C(C)(C)C)cc3)ccc21. The van der Waals surface area contributed by atoms with Crippen molar-refractivity contribution in [2.75, 3.05) is 11.3 Å². The van der Waals surface area contributed by atoms with Gasteiger partial charge in [-0.15, -0.1) is 0 Å². The number of rotatable bonds is 9. The van der Waals surface area contributed by atoms with Crippen LogP contribution in [0.3, 0.4) is 0 Å². The summed E-state index contributed by atoms with van der Waals surface area (Å²) in [7, 11) is -3.75. The van der Waals surface area contributed by atoms with Crippen LogP contribution in [0, 0.1) is 0 Å². The van der Waals surface area contributed by atoms with Crippen LogP contribution in [-0.2, 0) is 28.4 Å². The van der Waals surface area contributed by atoms with E-state index in [2.05, 4.69) is 42.7 Å². The molecule has 0 atom stereocenters. The van der Waals surface area contributed by atoms with Crippen molar-refractivity contribution in [2.24, 2.45) is 0 Å². The van der Waals surface area contributed by atoms with E-state index < -0.39 is 10.0 Å². The summed E-state index contributed by atoms with van der Waals surface area (Å²) in [5.41, 5.74) is 3.81. The largest absolute Gasteiger partial charge is 0.350 e. The van der Waals surface area contributed by atoms with Gasteiger partial charge in [-0.05, 0) is 65.9 Å². The van der Waals surface area contributed by atoms with Gasteiger partial charge in [0.15, 0.2) is 0 Å². The fourth-order valence-electron chi connectivity index (χ4n) is 4.28. The van der Waals surface area contributed by atoms with Crippen LogP contribution in [0.1, 0.15) is 55.9 Å². The molecule has 194 valence electrons. The molecule has 0 radical (unpaired) electrons. The van der Waals surface area contributed by atoms with E-state index in [0.29, 0.717) is 30.9 Å². The zero-order valence-electron chi connectivity index (χ0n) is 21.8. The number of pyridine rings is 1. The highest BCUT2D eigenvalue weighted by Crippen LogP contribution is 2.27. The molecule has 1 amide bonds. The molecule has 7 nitrogen and oxygen atoms in total. The number of anilines is 1. The topological polar surface area (TPSA) is 93.1 Å². The Labute approximate surface area is 219 Å². The van der Waals surface area contributed by atoms with Crippen molar-refractivity contribution in [3.8, 4) is 0 Å². The van der Waals surface area contributed by atoms with E-state index in [0.717, 1.165) is 28.6 Å². The van der Waals surface area contributed by atoms with Crippen molar-refractivity contribution in [2.45, 2.75) is 57.4 Å². The first-order valence-electron chi connectivity index (χ1n) is 12.5. The third-order valence-electron chi connectivity index (χ3n) is 6.26. The summed E-state index contributed by atoms with van der Waals surface area (Å²) in [6, 6.07) is 19.9. The van der Waals surface area contributed by atoms with E-state index in [1.807, 2.05) is 47.0 Å². The number of benzene rings is 2. The Hall–Kier alpha value is -3.65. The molecule has 2 N–H and O–H groups in total. The molecule has 0 saturated heterocycles. The smallest absolute Gasteiger partial charge is 0.267 e. The van der Waals surface area contributed by atoms with E-state index in [4.69, 9.17) is 0 Å². The van der Waals surface area contributed by atoms with Crippen LogP contribution in [-0.4, -0.2) is 30.4 Å². The van der Waals surface area contributed by atoms with Crippen molar-refractivity contribution in [3.63, 3.8) is 0 Å². The molecule has 37 heavy (non-hydrogen) atoms. The quantitative estimate of drug-likeness (QED) is 0.305. The standard InChI is InChI=1S/C29H34N4O3S/c1-5-18-33-26-14-11-24(32-37(35,36)25-12-9-22(10-13-25)29(2,3)4)19-21(26)20-27(33)28(34)31-17-15-23-8-6-7-16-30-23/h6-14,16,19-20,32H,5,15,17-18H2,1-4H3,(H,31,34). The second kappa shape index (κ2) is 10.8. The Kier molecular flexibility index (Phi) is 7.68. The van der Waals surface area contributed by atoms with Gasteiger partial charge in [-0.2, -0.15) is 0 Å². The van der Waals surface area contributed by atoms with Crippen LogP contribution in [0.25, 0.3) is 10.9 Å². The number of nitrogens with one attached hydrogen (secondary N) is 2. The van der Waals surface area contributed by atoms with E-state index in [1.165, 1.54) is 0 Å². The Morgan fingerprint density at radius 3 is 2.41 bits per heavy atom. The molecule has 8 heteroatoms. The lowest BCUT2D eigenvalue weighted by molar-refractivity contribution is 0.0945. The van der Waals surface area contributed by atoms with Crippen LogP contribution >= 0.6 is 0 Å². The molecule has 0 unspecified atom stereocenters. The maximum absolute atomic E-state index is 13.0. The van der Waals surface area contributed by atoms with Crippen LogP contribution in [0.5, 0.6) is 0 Å². The number of hydrogen-bond donors (Lipinski definition) is 2.